The van der Waals surface area contributed by atoms with Crippen molar-refractivity contribution in [1.82, 2.24) is 20.2 Å². The van der Waals surface area contributed by atoms with Gasteiger partial charge in [0.15, 0.2) is 5.82 Å². The molecule has 4 heteroatoms. The summed E-state index contributed by atoms with van der Waals surface area (Å²) in [7, 11) is 2.22. The predicted octanol–water partition coefficient (Wildman–Crippen LogP) is 8.73. The number of aromatic nitrogens is 2. The van der Waals surface area contributed by atoms with E-state index >= 15 is 0 Å². The van der Waals surface area contributed by atoms with Gasteiger partial charge in [-0.1, -0.05) is 75.4 Å². The molecule has 1 fully saturated rings. The average Bonchev–Trinajstić information content (AvgIpc) is 2.99. The van der Waals surface area contributed by atoms with Crippen molar-refractivity contribution in [1.29, 1.82) is 0 Å². The van der Waals surface area contributed by atoms with Crippen LogP contribution in [-0.2, 0) is 12.8 Å². The zero-order valence-corrected chi connectivity index (χ0v) is 26.7. The first-order valence-electron chi connectivity index (χ1n) is 15.7. The van der Waals surface area contributed by atoms with Crippen LogP contribution in [0.3, 0.4) is 0 Å². The summed E-state index contributed by atoms with van der Waals surface area (Å²) in [6.07, 6.45) is 17.9. The van der Waals surface area contributed by atoms with Gasteiger partial charge in [0.2, 0.25) is 0 Å². The van der Waals surface area contributed by atoms with Crippen molar-refractivity contribution in [2.45, 2.75) is 86.0 Å². The number of allylic oxidation sites excluding steroid dienone is 4. The van der Waals surface area contributed by atoms with Gasteiger partial charge >= 0.3 is 0 Å². The van der Waals surface area contributed by atoms with Crippen LogP contribution in [-0.4, -0.2) is 41.5 Å². The Morgan fingerprint density at radius 2 is 1.78 bits per heavy atom. The third-order valence-corrected chi connectivity index (χ3v) is 8.95. The van der Waals surface area contributed by atoms with Crippen LogP contribution in [0.1, 0.15) is 84.3 Å². The Balaban J connectivity index is 0.000000233. The number of likely N-dealkylation sites (N-methyl/N-ethyl adjacent to an activating group) is 1. The molecule has 1 aromatic carbocycles. The summed E-state index contributed by atoms with van der Waals surface area (Å²) in [6, 6.07) is 8.52. The smallest absolute Gasteiger partial charge is 0.159 e. The summed E-state index contributed by atoms with van der Waals surface area (Å²) in [5.41, 5.74) is 9.01. The summed E-state index contributed by atoms with van der Waals surface area (Å²) in [6.45, 7) is 22.7. The first kappa shape index (κ1) is 32.5. The van der Waals surface area contributed by atoms with E-state index in [0.717, 1.165) is 61.7 Å². The Kier molecular flexibility index (Phi) is 12.6. The number of nitrogens with zero attached hydrogens (tertiary/aromatic N) is 3. The molecule has 4 nitrogen and oxygen atoms in total. The molecular weight excluding hydrogens is 500 g/mol. The molecule has 1 N–H and O–H groups in total. The second kappa shape index (κ2) is 15.9. The van der Waals surface area contributed by atoms with Gasteiger partial charge in [0, 0.05) is 30.2 Å². The number of aryl methyl sites for hydroxylation is 2. The molecule has 0 radical (unpaired) electrons. The molecule has 1 unspecified atom stereocenters. The largest absolute Gasteiger partial charge is 0.385 e. The van der Waals surface area contributed by atoms with Crippen LogP contribution < -0.4 is 5.32 Å². The van der Waals surface area contributed by atoms with E-state index in [2.05, 4.69) is 111 Å². The molecule has 0 spiro atoms. The lowest BCUT2D eigenvalue weighted by Crippen LogP contribution is -2.30. The first-order valence-corrected chi connectivity index (χ1v) is 15.7. The molecule has 0 bridgehead atoms. The van der Waals surface area contributed by atoms with E-state index in [-0.39, 0.29) is 5.41 Å². The molecule has 1 aliphatic heterocycles. The molecule has 2 aliphatic rings. The lowest BCUT2D eigenvalue weighted by Gasteiger charge is -2.34. The van der Waals surface area contributed by atoms with Gasteiger partial charge in [0.1, 0.15) is 0 Å². The van der Waals surface area contributed by atoms with E-state index in [1.807, 2.05) is 12.4 Å². The summed E-state index contributed by atoms with van der Waals surface area (Å²) in [5, 5.41) is 3.29. The standard InChI is InChI=1S/C20H27N3.C17H27N/c1-3-16-5-4-6-19(13-16)20-21-14-18(15-22-20)8-7-17-9-11-23(2)12-10-17;1-7-13(3)12-17(6)10-9-16(11-14(17)4)15(5)18-8-2/h4-6,13-15,17H,3,7-12H2,1-2H3;9,11,18H,3,5,7-8,10,12H2,1-2,4,6H3. The van der Waals surface area contributed by atoms with E-state index in [4.69, 9.17) is 0 Å². The lowest BCUT2D eigenvalue weighted by molar-refractivity contribution is 0.212. The van der Waals surface area contributed by atoms with Crippen LogP contribution in [0.25, 0.3) is 11.4 Å². The van der Waals surface area contributed by atoms with Crippen molar-refractivity contribution < 1.29 is 0 Å². The fraction of sp³-hybridized carbons (Fsp3) is 0.514. The fourth-order valence-corrected chi connectivity index (χ4v) is 5.66. The zero-order valence-electron chi connectivity index (χ0n) is 26.7. The highest BCUT2D eigenvalue weighted by atomic mass is 15.1. The predicted molar refractivity (Wildman–Crippen MR) is 177 cm³/mol. The molecular formula is C37H54N4. The van der Waals surface area contributed by atoms with Crippen LogP contribution in [0.4, 0.5) is 0 Å². The fourth-order valence-electron chi connectivity index (χ4n) is 5.66. The number of benzene rings is 1. The van der Waals surface area contributed by atoms with Gasteiger partial charge < -0.3 is 10.2 Å². The molecule has 1 saturated heterocycles. The molecule has 1 aliphatic carbocycles. The number of hydrogen-bond donors (Lipinski definition) is 1. The van der Waals surface area contributed by atoms with Crippen LogP contribution in [0.5, 0.6) is 0 Å². The Morgan fingerprint density at radius 3 is 2.39 bits per heavy atom. The lowest BCUT2D eigenvalue weighted by atomic mass is 9.71. The van der Waals surface area contributed by atoms with E-state index in [1.54, 1.807) is 0 Å². The number of rotatable bonds is 11. The van der Waals surface area contributed by atoms with Crippen LogP contribution in [0.15, 0.2) is 84.4 Å². The van der Waals surface area contributed by atoms with Crippen molar-refractivity contribution in [3.8, 4) is 11.4 Å². The average molecular weight is 555 g/mol. The second-order valence-electron chi connectivity index (χ2n) is 12.3. The van der Waals surface area contributed by atoms with Crippen molar-refractivity contribution >= 4 is 0 Å². The van der Waals surface area contributed by atoms with Gasteiger partial charge in [0.25, 0.3) is 0 Å². The normalized spacial score (nSPS) is 19.5. The summed E-state index contributed by atoms with van der Waals surface area (Å²) in [5.74, 6) is 1.70. The number of likely N-dealkylation sites (tertiary alicyclic amines) is 1. The van der Waals surface area contributed by atoms with Gasteiger partial charge in [-0.15, -0.1) is 0 Å². The van der Waals surface area contributed by atoms with Gasteiger partial charge in [0.05, 0.1) is 0 Å². The minimum atomic E-state index is 0.239. The highest BCUT2D eigenvalue weighted by Gasteiger charge is 2.28. The Labute approximate surface area is 250 Å². The van der Waals surface area contributed by atoms with E-state index < -0.39 is 0 Å². The third-order valence-electron chi connectivity index (χ3n) is 8.95. The van der Waals surface area contributed by atoms with E-state index in [9.17, 15) is 0 Å². The molecule has 4 rings (SSSR count). The number of nitrogens with one attached hydrogen (secondary N) is 1. The molecule has 222 valence electrons. The molecule has 0 amide bonds. The zero-order chi connectivity index (χ0) is 29.8. The maximum atomic E-state index is 4.58. The maximum absolute atomic E-state index is 4.58. The molecule has 2 aromatic rings. The van der Waals surface area contributed by atoms with Crippen LogP contribution in [0, 0.1) is 11.3 Å². The molecule has 1 aromatic heterocycles. The molecule has 2 heterocycles. The van der Waals surface area contributed by atoms with Gasteiger partial charge in [-0.2, -0.15) is 0 Å². The van der Waals surface area contributed by atoms with Crippen molar-refractivity contribution in [2.75, 3.05) is 26.7 Å². The minimum absolute atomic E-state index is 0.239. The number of piperidine rings is 1. The Hall–Kier alpha value is -2.98. The Morgan fingerprint density at radius 1 is 1.07 bits per heavy atom. The molecule has 1 atom stereocenters. The highest BCUT2D eigenvalue weighted by Crippen LogP contribution is 2.42. The van der Waals surface area contributed by atoms with E-state index in [0.29, 0.717) is 0 Å². The Bertz CT molecular complexity index is 1200. The highest BCUT2D eigenvalue weighted by molar-refractivity contribution is 5.55. The quantitative estimate of drug-likeness (QED) is 0.282. The van der Waals surface area contributed by atoms with Crippen LogP contribution >= 0.6 is 0 Å². The number of hydrogen-bond acceptors (Lipinski definition) is 4. The summed E-state index contributed by atoms with van der Waals surface area (Å²) in [4.78, 5) is 11.6. The third kappa shape index (κ3) is 9.81. The first-order chi connectivity index (χ1) is 19.7. The summed E-state index contributed by atoms with van der Waals surface area (Å²) >= 11 is 0. The second-order valence-corrected chi connectivity index (χ2v) is 12.3. The van der Waals surface area contributed by atoms with Gasteiger partial charge in [-0.05, 0) is 119 Å². The van der Waals surface area contributed by atoms with Crippen molar-refractivity contribution in [2.24, 2.45) is 11.3 Å². The van der Waals surface area contributed by atoms with Gasteiger partial charge in [-0.25, -0.2) is 9.97 Å². The maximum Gasteiger partial charge on any atom is 0.159 e. The van der Waals surface area contributed by atoms with Crippen molar-refractivity contribution in [3.05, 3.63) is 95.5 Å². The minimum Gasteiger partial charge on any atom is -0.385 e. The molecule has 41 heavy (non-hydrogen) atoms. The van der Waals surface area contributed by atoms with E-state index in [1.165, 1.54) is 60.2 Å². The monoisotopic (exact) mass is 554 g/mol. The SMILES string of the molecule is C=C(CC)CC1(C)CC=C(C(=C)NCC)C=C1C.CCc1cccc(-c2ncc(CCC3CCN(C)CC3)cn2)c1. The van der Waals surface area contributed by atoms with Gasteiger partial charge in [-0.3, -0.25) is 0 Å². The molecule has 0 saturated carbocycles. The summed E-state index contributed by atoms with van der Waals surface area (Å²) < 4.78 is 0. The topological polar surface area (TPSA) is 41.1 Å². The van der Waals surface area contributed by atoms with Crippen molar-refractivity contribution in [3.63, 3.8) is 0 Å². The van der Waals surface area contributed by atoms with Crippen LogP contribution in [0.2, 0.25) is 0 Å².